The van der Waals surface area contributed by atoms with Crippen molar-refractivity contribution >= 4 is 16.6 Å². The summed E-state index contributed by atoms with van der Waals surface area (Å²) in [6.07, 6.45) is 1.58. The standard InChI is InChI=1S/C21H22FN3O3/c1-12-6-7-15(22)13-5-4-8-25(20(12)13)11-19-23-16-10-18(28-3)17(27-2)9-14(16)21(26)24-19/h6-7,9-10H,4-5,8,11H2,1-3H3,(H,23,24,26). The first kappa shape index (κ1) is 18.3. The zero-order valence-corrected chi connectivity index (χ0v) is 16.1. The normalized spacial score (nSPS) is 13.5. The maximum atomic E-state index is 14.3. The van der Waals surface area contributed by atoms with Gasteiger partial charge in [0, 0.05) is 23.9 Å². The molecule has 2 aromatic carbocycles. The van der Waals surface area contributed by atoms with Crippen molar-refractivity contribution in [3.63, 3.8) is 0 Å². The summed E-state index contributed by atoms with van der Waals surface area (Å²) >= 11 is 0. The number of aromatic amines is 1. The van der Waals surface area contributed by atoms with Gasteiger partial charge in [-0.05, 0) is 37.5 Å². The predicted molar refractivity (Wildman–Crippen MR) is 106 cm³/mol. The highest BCUT2D eigenvalue weighted by molar-refractivity contribution is 5.81. The fourth-order valence-corrected chi connectivity index (χ4v) is 3.89. The molecule has 1 aliphatic rings. The van der Waals surface area contributed by atoms with E-state index < -0.39 is 0 Å². The van der Waals surface area contributed by atoms with Gasteiger partial charge in [0.05, 0.1) is 31.7 Å². The Morgan fingerprint density at radius 2 is 1.96 bits per heavy atom. The molecule has 1 aromatic heterocycles. The maximum absolute atomic E-state index is 14.3. The number of H-pyrrole nitrogens is 1. The number of aromatic nitrogens is 2. The number of rotatable bonds is 4. The van der Waals surface area contributed by atoms with Crippen LogP contribution >= 0.6 is 0 Å². The van der Waals surface area contributed by atoms with Gasteiger partial charge in [-0.25, -0.2) is 9.37 Å². The van der Waals surface area contributed by atoms with E-state index in [1.54, 1.807) is 25.3 Å². The van der Waals surface area contributed by atoms with Gasteiger partial charge in [-0.2, -0.15) is 0 Å². The van der Waals surface area contributed by atoms with E-state index in [-0.39, 0.29) is 11.4 Å². The predicted octanol–water partition coefficient (Wildman–Crippen LogP) is 3.34. The molecule has 0 radical (unpaired) electrons. The second-order valence-corrected chi connectivity index (χ2v) is 6.95. The molecular weight excluding hydrogens is 361 g/mol. The third kappa shape index (κ3) is 3.06. The summed E-state index contributed by atoms with van der Waals surface area (Å²) < 4.78 is 24.9. The van der Waals surface area contributed by atoms with Crippen molar-refractivity contribution in [2.45, 2.75) is 26.3 Å². The molecule has 0 unspecified atom stereocenters. The van der Waals surface area contributed by atoms with E-state index in [1.807, 2.05) is 6.92 Å². The number of aryl methyl sites for hydroxylation is 1. The van der Waals surface area contributed by atoms with E-state index in [2.05, 4.69) is 14.9 Å². The molecule has 4 rings (SSSR count). The van der Waals surface area contributed by atoms with Crippen molar-refractivity contribution in [3.05, 3.63) is 57.4 Å². The molecule has 0 amide bonds. The Morgan fingerprint density at radius 1 is 1.21 bits per heavy atom. The Morgan fingerprint density at radius 3 is 2.71 bits per heavy atom. The number of nitrogens with zero attached hydrogens (tertiary/aromatic N) is 2. The lowest BCUT2D eigenvalue weighted by atomic mass is 9.97. The fourth-order valence-electron chi connectivity index (χ4n) is 3.89. The Kier molecular flexibility index (Phi) is 4.66. The molecule has 0 aliphatic carbocycles. The van der Waals surface area contributed by atoms with E-state index >= 15 is 0 Å². The molecule has 0 fully saturated rings. The molecule has 0 atom stereocenters. The van der Waals surface area contributed by atoms with Crippen LogP contribution in [0.1, 0.15) is 23.4 Å². The van der Waals surface area contributed by atoms with Crippen LogP contribution in [0.4, 0.5) is 10.1 Å². The summed E-state index contributed by atoms with van der Waals surface area (Å²) in [7, 11) is 3.06. The highest BCUT2D eigenvalue weighted by Crippen LogP contribution is 2.34. The van der Waals surface area contributed by atoms with Crippen molar-refractivity contribution in [2.24, 2.45) is 0 Å². The van der Waals surface area contributed by atoms with Crippen molar-refractivity contribution in [2.75, 3.05) is 25.7 Å². The molecule has 0 saturated carbocycles. The Labute approximate surface area is 161 Å². The minimum absolute atomic E-state index is 0.179. The molecule has 7 heteroatoms. The Balaban J connectivity index is 1.76. The molecule has 3 aromatic rings. The topological polar surface area (TPSA) is 67.5 Å². The zero-order chi connectivity index (χ0) is 19.8. The van der Waals surface area contributed by atoms with E-state index in [1.165, 1.54) is 13.2 Å². The molecule has 0 bridgehead atoms. The van der Waals surface area contributed by atoms with Crippen LogP contribution in [0.3, 0.4) is 0 Å². The number of hydrogen-bond acceptors (Lipinski definition) is 5. The number of hydrogen-bond donors (Lipinski definition) is 1. The molecule has 146 valence electrons. The summed E-state index contributed by atoms with van der Waals surface area (Å²) in [5, 5.41) is 0.433. The highest BCUT2D eigenvalue weighted by Gasteiger charge is 2.23. The molecule has 28 heavy (non-hydrogen) atoms. The number of anilines is 1. The van der Waals surface area contributed by atoms with Crippen LogP contribution in [0.2, 0.25) is 0 Å². The lowest BCUT2D eigenvalue weighted by molar-refractivity contribution is 0.355. The smallest absolute Gasteiger partial charge is 0.258 e. The van der Waals surface area contributed by atoms with E-state index in [4.69, 9.17) is 9.47 Å². The van der Waals surface area contributed by atoms with Crippen LogP contribution in [-0.4, -0.2) is 30.7 Å². The second-order valence-electron chi connectivity index (χ2n) is 6.95. The van der Waals surface area contributed by atoms with Gasteiger partial charge in [-0.15, -0.1) is 0 Å². The largest absolute Gasteiger partial charge is 0.493 e. The first-order chi connectivity index (χ1) is 13.5. The van der Waals surface area contributed by atoms with E-state index in [0.717, 1.165) is 36.2 Å². The van der Waals surface area contributed by atoms with Gasteiger partial charge in [-0.3, -0.25) is 4.79 Å². The van der Waals surface area contributed by atoms with Crippen LogP contribution in [0.5, 0.6) is 11.5 Å². The second kappa shape index (κ2) is 7.14. The summed E-state index contributed by atoms with van der Waals surface area (Å²) in [6.45, 7) is 3.16. The molecule has 6 nitrogen and oxygen atoms in total. The molecule has 0 spiro atoms. The van der Waals surface area contributed by atoms with Gasteiger partial charge in [0.2, 0.25) is 0 Å². The molecule has 1 N–H and O–H groups in total. The minimum Gasteiger partial charge on any atom is -0.493 e. The molecular formula is C21H22FN3O3. The SMILES string of the molecule is COc1cc2nc(CN3CCCc4c(F)ccc(C)c43)[nH]c(=O)c2cc1OC. The van der Waals surface area contributed by atoms with Gasteiger partial charge in [-0.1, -0.05) is 6.07 Å². The Hall–Kier alpha value is -3.09. The third-order valence-corrected chi connectivity index (χ3v) is 5.20. The van der Waals surface area contributed by atoms with E-state index in [9.17, 15) is 9.18 Å². The molecule has 0 saturated heterocycles. The number of benzene rings is 2. The lowest BCUT2D eigenvalue weighted by Gasteiger charge is -2.32. The van der Waals surface area contributed by atoms with Crippen LogP contribution in [-0.2, 0) is 13.0 Å². The van der Waals surface area contributed by atoms with Gasteiger partial charge in [0.15, 0.2) is 11.5 Å². The lowest BCUT2D eigenvalue weighted by Crippen LogP contribution is -2.31. The van der Waals surface area contributed by atoms with Crippen LogP contribution in [0.25, 0.3) is 10.9 Å². The average molecular weight is 383 g/mol. The summed E-state index contributed by atoms with van der Waals surface area (Å²) in [5.74, 6) is 1.34. The quantitative estimate of drug-likeness (QED) is 0.748. The van der Waals surface area contributed by atoms with Crippen LogP contribution in [0, 0.1) is 12.7 Å². The number of methoxy groups -OCH3 is 2. The van der Waals surface area contributed by atoms with Crippen molar-refractivity contribution in [1.82, 2.24) is 9.97 Å². The zero-order valence-electron chi connectivity index (χ0n) is 16.1. The first-order valence-electron chi connectivity index (χ1n) is 9.19. The Bertz CT molecular complexity index is 1110. The number of halogens is 1. The maximum Gasteiger partial charge on any atom is 0.258 e. The third-order valence-electron chi connectivity index (χ3n) is 5.20. The average Bonchev–Trinajstić information content (AvgIpc) is 2.70. The van der Waals surface area contributed by atoms with Gasteiger partial charge < -0.3 is 19.4 Å². The number of fused-ring (bicyclic) bond motifs is 2. The van der Waals surface area contributed by atoms with Crippen LogP contribution in [0.15, 0.2) is 29.1 Å². The van der Waals surface area contributed by atoms with Crippen molar-refractivity contribution in [3.8, 4) is 11.5 Å². The minimum atomic E-state index is -0.242. The van der Waals surface area contributed by atoms with Crippen molar-refractivity contribution < 1.29 is 13.9 Å². The number of nitrogens with one attached hydrogen (secondary N) is 1. The summed E-state index contributed by atoms with van der Waals surface area (Å²) in [6, 6.07) is 6.63. The van der Waals surface area contributed by atoms with E-state index in [0.29, 0.717) is 34.8 Å². The highest BCUT2D eigenvalue weighted by atomic mass is 19.1. The molecule has 1 aliphatic heterocycles. The fraction of sp³-hybridized carbons (Fsp3) is 0.333. The van der Waals surface area contributed by atoms with Gasteiger partial charge >= 0.3 is 0 Å². The summed E-state index contributed by atoms with van der Waals surface area (Å²) in [4.78, 5) is 22.2. The summed E-state index contributed by atoms with van der Waals surface area (Å²) in [5.41, 5.74) is 2.95. The van der Waals surface area contributed by atoms with Gasteiger partial charge in [0.25, 0.3) is 5.56 Å². The monoisotopic (exact) mass is 383 g/mol. The molecule has 2 heterocycles. The van der Waals surface area contributed by atoms with Crippen molar-refractivity contribution in [1.29, 1.82) is 0 Å². The van der Waals surface area contributed by atoms with Crippen LogP contribution < -0.4 is 19.9 Å². The number of ether oxygens (including phenoxy) is 2. The van der Waals surface area contributed by atoms with Gasteiger partial charge in [0.1, 0.15) is 11.6 Å². The first-order valence-corrected chi connectivity index (χ1v) is 9.19.